The topological polar surface area (TPSA) is 50.2 Å². The molecule has 1 aliphatic rings. The van der Waals surface area contributed by atoms with E-state index in [1.165, 1.54) is 0 Å². The van der Waals surface area contributed by atoms with Crippen molar-refractivity contribution in [3.05, 3.63) is 53.5 Å². The maximum absolute atomic E-state index is 5.74. The summed E-state index contributed by atoms with van der Waals surface area (Å²) in [5.41, 5.74) is 3.28. The van der Waals surface area contributed by atoms with Crippen molar-refractivity contribution >= 4 is 34.9 Å². The number of nitrogens with zero attached hydrogens (tertiary/aromatic N) is 3. The van der Waals surface area contributed by atoms with Crippen LogP contribution >= 0.6 is 11.6 Å². The van der Waals surface area contributed by atoms with Gasteiger partial charge in [0, 0.05) is 18.1 Å². The number of nitrogens with one attached hydrogen (secondary N) is 1. The van der Waals surface area contributed by atoms with Crippen molar-refractivity contribution < 1.29 is 0 Å². The summed E-state index contributed by atoms with van der Waals surface area (Å²) in [6.45, 7) is 0.773. The summed E-state index contributed by atoms with van der Waals surface area (Å²) in [7, 11) is 0. The molecular weight excluding hydrogens is 260 g/mol. The predicted molar refractivity (Wildman–Crippen MR) is 78.1 cm³/mol. The molecule has 0 radical (unpaired) electrons. The van der Waals surface area contributed by atoms with E-state index in [9.17, 15) is 0 Å². The van der Waals surface area contributed by atoms with Gasteiger partial charge in [-0.3, -0.25) is 4.99 Å². The van der Waals surface area contributed by atoms with Gasteiger partial charge in [0.1, 0.15) is 5.82 Å². The lowest BCUT2D eigenvalue weighted by Crippen LogP contribution is -1.94. The molecule has 0 saturated heterocycles. The van der Waals surface area contributed by atoms with Crippen molar-refractivity contribution in [1.29, 1.82) is 0 Å². The molecule has 0 spiro atoms. The van der Waals surface area contributed by atoms with Crippen molar-refractivity contribution in [2.24, 2.45) is 4.99 Å². The Morgan fingerprint density at radius 2 is 1.95 bits per heavy atom. The summed E-state index contributed by atoms with van der Waals surface area (Å²) in [6, 6.07) is 9.87. The van der Waals surface area contributed by atoms with Crippen LogP contribution in [0.1, 0.15) is 5.56 Å². The first-order valence-corrected chi connectivity index (χ1v) is 6.25. The van der Waals surface area contributed by atoms with Crippen LogP contribution in [0.25, 0.3) is 5.57 Å². The van der Waals surface area contributed by atoms with E-state index in [-0.39, 0.29) is 5.28 Å². The fourth-order valence-electron chi connectivity index (χ4n) is 1.85. The maximum Gasteiger partial charge on any atom is 0.224 e. The second-order valence-corrected chi connectivity index (χ2v) is 4.41. The third-order valence-corrected chi connectivity index (χ3v) is 2.95. The monoisotopic (exact) mass is 270 g/mol. The number of aromatic nitrogens is 2. The lowest BCUT2D eigenvalue weighted by molar-refractivity contribution is 1.17. The number of hydrogen-bond acceptors (Lipinski definition) is 4. The molecule has 0 saturated carbocycles. The molecule has 0 fully saturated rings. The highest BCUT2D eigenvalue weighted by Gasteiger charge is 2.03. The molecule has 2 heterocycles. The number of anilines is 2. The third-order valence-electron chi connectivity index (χ3n) is 2.76. The van der Waals surface area contributed by atoms with E-state index >= 15 is 0 Å². The van der Waals surface area contributed by atoms with Crippen molar-refractivity contribution in [3.63, 3.8) is 0 Å². The summed E-state index contributed by atoms with van der Waals surface area (Å²) >= 11 is 5.74. The lowest BCUT2D eigenvalue weighted by atomic mass is 10.1. The highest BCUT2D eigenvalue weighted by Crippen LogP contribution is 2.20. The molecule has 3 rings (SSSR count). The standard InChI is InChI=1S/C14H11ClN4/c15-14-17-8-6-13(19-14)18-12-3-1-10(2-4-12)11-5-7-16-9-11/h1-6,8-9H,7H2,(H,17,18,19). The van der Waals surface area contributed by atoms with Gasteiger partial charge >= 0.3 is 0 Å². The molecule has 1 aromatic carbocycles. The van der Waals surface area contributed by atoms with Crippen molar-refractivity contribution in [3.8, 4) is 0 Å². The molecule has 2 aromatic rings. The first-order valence-electron chi connectivity index (χ1n) is 5.87. The number of benzene rings is 1. The Kier molecular flexibility index (Phi) is 3.25. The van der Waals surface area contributed by atoms with Crippen LogP contribution in [-0.2, 0) is 0 Å². The van der Waals surface area contributed by atoms with Crippen LogP contribution in [0, 0.1) is 0 Å². The molecule has 5 heteroatoms. The largest absolute Gasteiger partial charge is 0.340 e. The Morgan fingerprint density at radius 1 is 1.11 bits per heavy atom. The first kappa shape index (κ1) is 11.9. The molecule has 1 aromatic heterocycles. The Hall–Kier alpha value is -2.20. The van der Waals surface area contributed by atoms with Gasteiger partial charge in [-0.05, 0) is 40.9 Å². The summed E-state index contributed by atoms with van der Waals surface area (Å²) in [6.07, 6.45) is 5.62. The molecule has 0 unspecified atom stereocenters. The zero-order chi connectivity index (χ0) is 13.1. The molecule has 0 amide bonds. The third kappa shape index (κ3) is 2.80. The van der Waals surface area contributed by atoms with Gasteiger partial charge in [0.25, 0.3) is 0 Å². The van der Waals surface area contributed by atoms with E-state index < -0.39 is 0 Å². The van der Waals surface area contributed by atoms with Crippen LogP contribution in [-0.4, -0.2) is 22.7 Å². The Balaban J connectivity index is 1.77. The fraction of sp³-hybridized carbons (Fsp3) is 0.0714. The van der Waals surface area contributed by atoms with Crippen LogP contribution in [0.3, 0.4) is 0 Å². The minimum atomic E-state index is 0.231. The average molecular weight is 271 g/mol. The van der Waals surface area contributed by atoms with Crippen LogP contribution in [0.15, 0.2) is 47.6 Å². The van der Waals surface area contributed by atoms with Crippen LogP contribution in [0.4, 0.5) is 11.5 Å². The second-order valence-electron chi connectivity index (χ2n) is 4.07. The SMILES string of the molecule is Clc1nccc(Nc2ccc(C3=CCN=C3)cc2)n1. The van der Waals surface area contributed by atoms with Crippen molar-refractivity contribution in [1.82, 2.24) is 9.97 Å². The van der Waals surface area contributed by atoms with Gasteiger partial charge in [-0.1, -0.05) is 18.2 Å². The predicted octanol–water partition coefficient (Wildman–Crippen LogP) is 3.34. The van der Waals surface area contributed by atoms with Gasteiger partial charge in [0.15, 0.2) is 0 Å². The summed E-state index contributed by atoms with van der Waals surface area (Å²) in [5.74, 6) is 0.675. The van der Waals surface area contributed by atoms with Crippen molar-refractivity contribution in [2.45, 2.75) is 0 Å². The van der Waals surface area contributed by atoms with Crippen LogP contribution in [0.5, 0.6) is 0 Å². The molecule has 94 valence electrons. The van der Waals surface area contributed by atoms with Crippen LogP contribution in [0.2, 0.25) is 5.28 Å². The van der Waals surface area contributed by atoms with Gasteiger partial charge in [-0.2, -0.15) is 0 Å². The van der Waals surface area contributed by atoms with Gasteiger partial charge in [0.05, 0.1) is 6.54 Å². The van der Waals surface area contributed by atoms with E-state index in [0.29, 0.717) is 5.82 Å². The Morgan fingerprint density at radius 3 is 2.63 bits per heavy atom. The summed E-state index contributed by atoms with van der Waals surface area (Å²) in [5, 5.41) is 3.40. The molecule has 1 N–H and O–H groups in total. The quantitative estimate of drug-likeness (QED) is 0.870. The van der Waals surface area contributed by atoms with Crippen LogP contribution < -0.4 is 5.32 Å². The van der Waals surface area contributed by atoms with E-state index in [1.807, 2.05) is 30.5 Å². The minimum Gasteiger partial charge on any atom is -0.340 e. The second kappa shape index (κ2) is 5.20. The average Bonchev–Trinajstić information content (AvgIpc) is 2.94. The highest BCUT2D eigenvalue weighted by atomic mass is 35.5. The Labute approximate surface area is 115 Å². The number of hydrogen-bond donors (Lipinski definition) is 1. The van der Waals surface area contributed by atoms with Gasteiger partial charge in [-0.15, -0.1) is 0 Å². The fourth-order valence-corrected chi connectivity index (χ4v) is 1.99. The smallest absolute Gasteiger partial charge is 0.224 e. The number of allylic oxidation sites excluding steroid dienone is 1. The number of halogens is 1. The summed E-state index contributed by atoms with van der Waals surface area (Å²) < 4.78 is 0. The Bertz CT molecular complexity index is 647. The maximum atomic E-state index is 5.74. The molecule has 0 aliphatic carbocycles. The number of aliphatic imine (C=N–C) groups is 1. The minimum absolute atomic E-state index is 0.231. The normalized spacial score (nSPS) is 13.4. The van der Waals surface area contributed by atoms with Crippen molar-refractivity contribution in [2.75, 3.05) is 11.9 Å². The zero-order valence-corrected chi connectivity index (χ0v) is 10.8. The van der Waals surface area contributed by atoms with E-state index in [4.69, 9.17) is 11.6 Å². The zero-order valence-electron chi connectivity index (χ0n) is 10.0. The van der Waals surface area contributed by atoms with Gasteiger partial charge < -0.3 is 5.32 Å². The summed E-state index contributed by atoms with van der Waals surface area (Å²) in [4.78, 5) is 12.1. The van der Waals surface area contributed by atoms with E-state index in [1.54, 1.807) is 12.3 Å². The lowest BCUT2D eigenvalue weighted by Gasteiger charge is -2.06. The molecule has 19 heavy (non-hydrogen) atoms. The van der Waals surface area contributed by atoms with Gasteiger partial charge in [-0.25, -0.2) is 9.97 Å². The van der Waals surface area contributed by atoms with E-state index in [0.717, 1.165) is 23.4 Å². The molecule has 4 nitrogen and oxygen atoms in total. The molecule has 0 atom stereocenters. The number of rotatable bonds is 3. The highest BCUT2D eigenvalue weighted by molar-refractivity contribution is 6.28. The van der Waals surface area contributed by atoms with Gasteiger partial charge in [0.2, 0.25) is 5.28 Å². The molecular formula is C14H11ClN4. The first-order chi connectivity index (χ1) is 9.31. The molecule has 0 bridgehead atoms. The van der Waals surface area contributed by atoms with E-state index in [2.05, 4.69) is 26.4 Å². The molecule has 1 aliphatic heterocycles.